The van der Waals surface area contributed by atoms with Crippen LogP contribution in [0.4, 0.5) is 0 Å². The molecule has 1 saturated heterocycles. The number of nitrogens with one attached hydrogen (secondary N) is 1. The molecule has 1 aromatic rings. The van der Waals surface area contributed by atoms with E-state index in [1.807, 2.05) is 0 Å². The van der Waals surface area contributed by atoms with Gasteiger partial charge in [0.15, 0.2) is 18.1 Å². The van der Waals surface area contributed by atoms with Gasteiger partial charge in [0.25, 0.3) is 5.91 Å². The van der Waals surface area contributed by atoms with Gasteiger partial charge in [-0.05, 0) is 12.1 Å². The number of aromatic hydroxyl groups is 1. The molecule has 0 radical (unpaired) electrons. The average molecular weight is 281 g/mol. The van der Waals surface area contributed by atoms with Gasteiger partial charge in [0.05, 0.1) is 19.3 Å². The monoisotopic (exact) mass is 281 g/mol. The Hall–Kier alpha value is -2.28. The number of phenols is 1. The second kappa shape index (κ2) is 6.25. The summed E-state index contributed by atoms with van der Waals surface area (Å²) >= 11 is 0. The first-order chi connectivity index (χ1) is 9.58. The van der Waals surface area contributed by atoms with Crippen molar-refractivity contribution < 1.29 is 29.3 Å². The van der Waals surface area contributed by atoms with Gasteiger partial charge in [0.1, 0.15) is 5.92 Å². The van der Waals surface area contributed by atoms with E-state index in [1.54, 1.807) is 12.1 Å². The number of rotatable bonds is 5. The fourth-order valence-electron chi connectivity index (χ4n) is 1.91. The minimum absolute atomic E-state index is 0.0621. The molecule has 0 bridgehead atoms. The molecule has 0 saturated carbocycles. The van der Waals surface area contributed by atoms with Crippen molar-refractivity contribution in [3.8, 4) is 11.5 Å². The molecule has 1 amide bonds. The third kappa shape index (κ3) is 3.39. The van der Waals surface area contributed by atoms with E-state index in [-0.39, 0.29) is 31.3 Å². The Labute approximate surface area is 115 Å². The molecule has 0 aromatic heterocycles. The first-order valence-electron chi connectivity index (χ1n) is 6.08. The number of aliphatic carboxylic acids is 1. The van der Waals surface area contributed by atoms with Crippen molar-refractivity contribution in [1.82, 2.24) is 5.32 Å². The van der Waals surface area contributed by atoms with Crippen LogP contribution in [0.25, 0.3) is 0 Å². The zero-order valence-electron chi connectivity index (χ0n) is 10.6. The van der Waals surface area contributed by atoms with E-state index in [4.69, 9.17) is 14.6 Å². The second-order valence-electron chi connectivity index (χ2n) is 4.41. The first-order valence-corrected chi connectivity index (χ1v) is 6.08. The quantitative estimate of drug-likeness (QED) is 0.701. The van der Waals surface area contributed by atoms with Crippen LogP contribution in [0, 0.1) is 5.92 Å². The number of hydrogen-bond acceptors (Lipinski definition) is 5. The molecule has 7 nitrogen and oxygen atoms in total. The third-order valence-corrected chi connectivity index (χ3v) is 2.97. The summed E-state index contributed by atoms with van der Waals surface area (Å²) in [6, 6.07) is 5.71. The lowest BCUT2D eigenvalue weighted by atomic mass is 10.0. The Kier molecular flexibility index (Phi) is 4.41. The summed E-state index contributed by atoms with van der Waals surface area (Å²) < 4.78 is 10.2. The van der Waals surface area contributed by atoms with Gasteiger partial charge in [-0.25, -0.2) is 0 Å². The number of benzene rings is 1. The lowest BCUT2D eigenvalue weighted by Gasteiger charge is -2.16. The molecule has 1 aromatic carbocycles. The first kappa shape index (κ1) is 14.1. The van der Waals surface area contributed by atoms with Crippen molar-refractivity contribution in [1.29, 1.82) is 0 Å². The number of para-hydroxylation sites is 2. The Balaban J connectivity index is 1.84. The van der Waals surface area contributed by atoms with Gasteiger partial charge in [0.2, 0.25) is 0 Å². The molecule has 1 aliphatic heterocycles. The van der Waals surface area contributed by atoms with Crippen molar-refractivity contribution in [2.75, 3.05) is 19.8 Å². The summed E-state index contributed by atoms with van der Waals surface area (Å²) in [6.07, 6.45) is 0. The molecule has 2 rings (SSSR count). The number of carboxylic acids is 1. The summed E-state index contributed by atoms with van der Waals surface area (Å²) in [6.45, 7) is -0.0552. The Morgan fingerprint density at radius 3 is 2.80 bits per heavy atom. The molecule has 108 valence electrons. The van der Waals surface area contributed by atoms with Crippen molar-refractivity contribution in [3.63, 3.8) is 0 Å². The Morgan fingerprint density at radius 2 is 2.10 bits per heavy atom. The van der Waals surface area contributed by atoms with Crippen molar-refractivity contribution in [2.24, 2.45) is 5.92 Å². The molecule has 3 N–H and O–H groups in total. The van der Waals surface area contributed by atoms with Crippen LogP contribution in [0.15, 0.2) is 24.3 Å². The van der Waals surface area contributed by atoms with Gasteiger partial charge in [-0.2, -0.15) is 0 Å². The number of amides is 1. The van der Waals surface area contributed by atoms with Crippen LogP contribution >= 0.6 is 0 Å². The molecule has 20 heavy (non-hydrogen) atoms. The molecular weight excluding hydrogens is 266 g/mol. The van der Waals surface area contributed by atoms with Crippen LogP contribution in [-0.4, -0.2) is 48.0 Å². The summed E-state index contributed by atoms with van der Waals surface area (Å²) in [5, 5.41) is 21.0. The third-order valence-electron chi connectivity index (χ3n) is 2.97. The van der Waals surface area contributed by atoms with Crippen LogP contribution in [0.5, 0.6) is 11.5 Å². The van der Waals surface area contributed by atoms with Gasteiger partial charge in [-0.15, -0.1) is 0 Å². The Bertz CT molecular complexity index is 503. The SMILES string of the molecule is O=C(COc1ccccc1O)NC1COCC1C(=O)O. The molecule has 1 aliphatic rings. The zero-order chi connectivity index (χ0) is 14.5. The highest BCUT2D eigenvalue weighted by Crippen LogP contribution is 2.24. The summed E-state index contributed by atoms with van der Waals surface area (Å²) in [5.74, 6) is -2.08. The van der Waals surface area contributed by atoms with Crippen LogP contribution < -0.4 is 10.1 Å². The van der Waals surface area contributed by atoms with E-state index in [1.165, 1.54) is 12.1 Å². The van der Waals surface area contributed by atoms with Crippen molar-refractivity contribution in [3.05, 3.63) is 24.3 Å². The second-order valence-corrected chi connectivity index (χ2v) is 4.41. The van der Waals surface area contributed by atoms with E-state index >= 15 is 0 Å². The van der Waals surface area contributed by atoms with E-state index in [2.05, 4.69) is 5.32 Å². The van der Waals surface area contributed by atoms with Crippen LogP contribution in [0.1, 0.15) is 0 Å². The van der Waals surface area contributed by atoms with Crippen LogP contribution in [-0.2, 0) is 14.3 Å². The maximum Gasteiger partial charge on any atom is 0.311 e. The highest BCUT2D eigenvalue weighted by molar-refractivity contribution is 5.79. The highest BCUT2D eigenvalue weighted by Gasteiger charge is 2.35. The smallest absolute Gasteiger partial charge is 0.311 e. The van der Waals surface area contributed by atoms with Gasteiger partial charge < -0.3 is 25.0 Å². The van der Waals surface area contributed by atoms with E-state index in [0.29, 0.717) is 0 Å². The summed E-state index contributed by atoms with van der Waals surface area (Å²) in [4.78, 5) is 22.6. The number of carbonyl (C=O) groups is 2. The van der Waals surface area contributed by atoms with Crippen molar-refractivity contribution in [2.45, 2.75) is 6.04 Å². The van der Waals surface area contributed by atoms with Crippen LogP contribution in [0.3, 0.4) is 0 Å². The zero-order valence-corrected chi connectivity index (χ0v) is 10.6. The molecule has 1 heterocycles. The Morgan fingerprint density at radius 1 is 1.35 bits per heavy atom. The molecule has 0 spiro atoms. The number of hydrogen-bond donors (Lipinski definition) is 3. The minimum Gasteiger partial charge on any atom is -0.504 e. The van der Waals surface area contributed by atoms with Gasteiger partial charge in [-0.3, -0.25) is 9.59 Å². The lowest BCUT2D eigenvalue weighted by Crippen LogP contribution is -2.44. The van der Waals surface area contributed by atoms with Gasteiger partial charge >= 0.3 is 5.97 Å². The summed E-state index contributed by atoms with van der Waals surface area (Å²) in [5.41, 5.74) is 0. The normalized spacial score (nSPS) is 21.4. The van der Waals surface area contributed by atoms with E-state index in [0.717, 1.165) is 0 Å². The average Bonchev–Trinajstić information content (AvgIpc) is 2.86. The topological polar surface area (TPSA) is 105 Å². The molecular formula is C13H15NO6. The van der Waals surface area contributed by atoms with Crippen molar-refractivity contribution >= 4 is 11.9 Å². The lowest BCUT2D eigenvalue weighted by molar-refractivity contribution is -0.142. The molecule has 1 fully saturated rings. The predicted molar refractivity (Wildman–Crippen MR) is 67.5 cm³/mol. The summed E-state index contributed by atoms with van der Waals surface area (Å²) in [7, 11) is 0. The largest absolute Gasteiger partial charge is 0.504 e. The van der Waals surface area contributed by atoms with Gasteiger partial charge in [-0.1, -0.05) is 12.1 Å². The highest BCUT2D eigenvalue weighted by atomic mass is 16.5. The van der Waals surface area contributed by atoms with E-state index in [9.17, 15) is 14.7 Å². The number of carbonyl (C=O) groups excluding carboxylic acids is 1. The standard InChI is InChI=1S/C13H15NO6/c15-10-3-1-2-4-11(10)20-7-12(16)14-9-6-19-5-8(9)13(17)18/h1-4,8-9,15H,5-7H2,(H,14,16)(H,17,18). The number of ether oxygens (including phenoxy) is 2. The maximum absolute atomic E-state index is 11.7. The number of carboxylic acid groups (broad SMARTS) is 1. The predicted octanol–water partition coefficient (Wildman–Crippen LogP) is -0.0132. The molecule has 2 unspecified atom stereocenters. The molecule has 0 aliphatic carbocycles. The fourth-order valence-corrected chi connectivity index (χ4v) is 1.91. The number of phenolic OH excluding ortho intramolecular Hbond substituents is 1. The minimum atomic E-state index is -1.01. The fraction of sp³-hybridized carbons (Fsp3) is 0.385. The molecule has 2 atom stereocenters. The van der Waals surface area contributed by atoms with E-state index < -0.39 is 23.8 Å². The molecule has 7 heteroatoms. The van der Waals surface area contributed by atoms with Gasteiger partial charge in [0, 0.05) is 0 Å². The van der Waals surface area contributed by atoms with Crippen LogP contribution in [0.2, 0.25) is 0 Å². The maximum atomic E-state index is 11.7.